The van der Waals surface area contributed by atoms with E-state index in [2.05, 4.69) is 25.2 Å². The fourth-order valence-electron chi connectivity index (χ4n) is 2.40. The van der Waals surface area contributed by atoms with Crippen LogP contribution in [-0.4, -0.2) is 38.7 Å². The van der Waals surface area contributed by atoms with E-state index in [9.17, 15) is 18.4 Å². The number of amides is 1. The number of nitrogens with two attached hydrogens (primary N) is 1. The Labute approximate surface area is 157 Å². The Hall–Kier alpha value is -3.73. The Kier molecular flexibility index (Phi) is 5.36. The molecule has 144 valence electrons. The van der Waals surface area contributed by atoms with Crippen molar-refractivity contribution in [3.8, 4) is 5.82 Å². The summed E-state index contributed by atoms with van der Waals surface area (Å²) in [5.74, 6) is -3.87. The zero-order valence-electron chi connectivity index (χ0n) is 14.5. The van der Waals surface area contributed by atoms with E-state index in [4.69, 9.17) is 5.73 Å². The van der Waals surface area contributed by atoms with Gasteiger partial charge >= 0.3 is 5.97 Å². The van der Waals surface area contributed by atoms with Crippen molar-refractivity contribution >= 4 is 17.6 Å². The van der Waals surface area contributed by atoms with Gasteiger partial charge in [-0.25, -0.2) is 18.6 Å². The second-order valence-electron chi connectivity index (χ2n) is 5.51. The highest BCUT2D eigenvalue weighted by Gasteiger charge is 2.21. The van der Waals surface area contributed by atoms with Crippen LogP contribution in [0.3, 0.4) is 0 Å². The number of hydrogen-bond donors (Lipinski definition) is 2. The summed E-state index contributed by atoms with van der Waals surface area (Å²) >= 11 is 0. The molecule has 0 saturated carbocycles. The van der Waals surface area contributed by atoms with Gasteiger partial charge in [-0.2, -0.15) is 0 Å². The maximum Gasteiger partial charge on any atom is 0.340 e. The number of carbonyl (C=O) groups excluding carboxylic acids is 2. The lowest BCUT2D eigenvalue weighted by Gasteiger charge is -2.12. The maximum atomic E-state index is 13.6. The van der Waals surface area contributed by atoms with Crippen LogP contribution in [-0.2, 0) is 11.3 Å². The minimum atomic E-state index is -1.26. The smallest absolute Gasteiger partial charge is 0.340 e. The van der Waals surface area contributed by atoms with E-state index in [1.807, 2.05) is 0 Å². The molecule has 2 aromatic heterocycles. The number of anilines is 1. The first kappa shape index (κ1) is 19.0. The molecule has 0 aliphatic heterocycles. The third-order valence-electron chi connectivity index (χ3n) is 3.78. The Morgan fingerprint density at radius 2 is 1.96 bits per heavy atom. The molecule has 1 aromatic carbocycles. The van der Waals surface area contributed by atoms with Gasteiger partial charge in [0.2, 0.25) is 0 Å². The average molecular weight is 388 g/mol. The number of esters is 1. The van der Waals surface area contributed by atoms with Gasteiger partial charge in [-0.05, 0) is 12.1 Å². The Bertz CT molecular complexity index is 1040. The summed E-state index contributed by atoms with van der Waals surface area (Å²) in [6.07, 6.45) is 4.67. The topological polar surface area (TPSA) is 125 Å². The first-order chi connectivity index (χ1) is 13.4. The molecule has 0 aliphatic carbocycles. The van der Waals surface area contributed by atoms with Crippen molar-refractivity contribution in [2.24, 2.45) is 5.73 Å². The fraction of sp³-hybridized carbons (Fsp3) is 0.118. The highest BCUT2D eigenvalue weighted by Crippen LogP contribution is 2.22. The molecule has 0 radical (unpaired) electrons. The van der Waals surface area contributed by atoms with Crippen LogP contribution in [0.5, 0.6) is 0 Å². The molecule has 2 heterocycles. The number of hydrogen-bond acceptors (Lipinski definition) is 7. The van der Waals surface area contributed by atoms with Crippen LogP contribution in [0, 0.1) is 11.6 Å². The standard InChI is InChI=1S/C17H14F2N6O3/c1-28-17(27)10-5-11(18)12(19)6-13(10)22-16(26)15-9(7-20)4-14(23-24-15)25-3-2-21-8-25/h2-6,8H,7,20H2,1H3,(H,22,26). The van der Waals surface area contributed by atoms with Gasteiger partial charge in [0.15, 0.2) is 23.1 Å². The van der Waals surface area contributed by atoms with Gasteiger partial charge in [-0.3, -0.25) is 9.36 Å². The van der Waals surface area contributed by atoms with E-state index in [1.165, 1.54) is 12.4 Å². The predicted octanol–water partition coefficient (Wildman–Crippen LogP) is 1.44. The van der Waals surface area contributed by atoms with Gasteiger partial charge in [0, 0.05) is 30.6 Å². The summed E-state index contributed by atoms with van der Waals surface area (Å²) in [6.45, 7) is -0.0401. The number of ether oxygens (including phenoxy) is 1. The van der Waals surface area contributed by atoms with E-state index >= 15 is 0 Å². The molecule has 0 saturated heterocycles. The van der Waals surface area contributed by atoms with Gasteiger partial charge in [0.25, 0.3) is 5.91 Å². The molecule has 0 fully saturated rings. The van der Waals surface area contributed by atoms with Gasteiger partial charge in [0.05, 0.1) is 18.4 Å². The number of imidazole rings is 1. The van der Waals surface area contributed by atoms with Crippen LogP contribution in [0.15, 0.2) is 36.9 Å². The molecular weight excluding hydrogens is 374 g/mol. The molecule has 0 unspecified atom stereocenters. The molecule has 0 spiro atoms. The summed E-state index contributed by atoms with van der Waals surface area (Å²) in [5, 5.41) is 10.1. The third kappa shape index (κ3) is 3.69. The van der Waals surface area contributed by atoms with Crippen molar-refractivity contribution in [1.29, 1.82) is 0 Å². The van der Waals surface area contributed by atoms with Crippen LogP contribution >= 0.6 is 0 Å². The van der Waals surface area contributed by atoms with E-state index in [-0.39, 0.29) is 23.5 Å². The van der Waals surface area contributed by atoms with Gasteiger partial charge in [0.1, 0.15) is 6.33 Å². The number of halogens is 2. The predicted molar refractivity (Wildman–Crippen MR) is 92.7 cm³/mol. The summed E-state index contributed by atoms with van der Waals surface area (Å²) in [6, 6.07) is 2.85. The van der Waals surface area contributed by atoms with Gasteiger partial charge in [-0.1, -0.05) is 0 Å². The minimum Gasteiger partial charge on any atom is -0.465 e. The lowest BCUT2D eigenvalue weighted by atomic mass is 10.1. The van der Waals surface area contributed by atoms with E-state index in [1.54, 1.807) is 17.0 Å². The molecule has 0 bridgehead atoms. The zero-order valence-corrected chi connectivity index (χ0v) is 14.5. The molecule has 3 N–H and O–H groups in total. The Morgan fingerprint density at radius 1 is 1.21 bits per heavy atom. The lowest BCUT2D eigenvalue weighted by Crippen LogP contribution is -2.21. The number of carbonyl (C=O) groups is 2. The zero-order chi connectivity index (χ0) is 20.3. The lowest BCUT2D eigenvalue weighted by molar-refractivity contribution is 0.0601. The average Bonchev–Trinajstić information content (AvgIpc) is 3.24. The normalized spacial score (nSPS) is 10.6. The summed E-state index contributed by atoms with van der Waals surface area (Å²) in [5.41, 5.74) is 5.27. The summed E-state index contributed by atoms with van der Waals surface area (Å²) < 4.78 is 33.2. The Morgan fingerprint density at radius 3 is 2.61 bits per heavy atom. The summed E-state index contributed by atoms with van der Waals surface area (Å²) in [7, 11) is 1.07. The van der Waals surface area contributed by atoms with Gasteiger partial charge in [-0.15, -0.1) is 10.2 Å². The molecule has 0 aliphatic rings. The highest BCUT2D eigenvalue weighted by molar-refractivity contribution is 6.07. The first-order valence-electron chi connectivity index (χ1n) is 7.88. The van der Waals surface area contributed by atoms with Crippen molar-refractivity contribution in [2.75, 3.05) is 12.4 Å². The van der Waals surface area contributed by atoms with Crippen LogP contribution in [0.1, 0.15) is 26.4 Å². The number of aromatic nitrogens is 4. The molecule has 0 atom stereocenters. The third-order valence-corrected chi connectivity index (χ3v) is 3.78. The van der Waals surface area contributed by atoms with Crippen LogP contribution in [0.4, 0.5) is 14.5 Å². The van der Waals surface area contributed by atoms with E-state index in [0.717, 1.165) is 7.11 Å². The first-order valence-corrected chi connectivity index (χ1v) is 7.88. The van der Waals surface area contributed by atoms with Gasteiger partial charge < -0.3 is 15.8 Å². The van der Waals surface area contributed by atoms with Crippen LogP contribution < -0.4 is 11.1 Å². The van der Waals surface area contributed by atoms with E-state index < -0.39 is 23.5 Å². The SMILES string of the molecule is COC(=O)c1cc(F)c(F)cc1NC(=O)c1nnc(-n2ccnc2)cc1CN. The van der Waals surface area contributed by atoms with Crippen molar-refractivity contribution in [2.45, 2.75) is 6.54 Å². The Balaban J connectivity index is 1.95. The van der Waals surface area contributed by atoms with Crippen molar-refractivity contribution in [3.63, 3.8) is 0 Å². The minimum absolute atomic E-state index is 0.0401. The number of nitrogens with one attached hydrogen (secondary N) is 1. The number of benzene rings is 1. The van der Waals surface area contributed by atoms with Crippen molar-refractivity contribution < 1.29 is 23.1 Å². The highest BCUT2D eigenvalue weighted by atomic mass is 19.2. The molecule has 9 nitrogen and oxygen atoms in total. The van der Waals surface area contributed by atoms with Crippen molar-refractivity contribution in [3.05, 3.63) is 65.4 Å². The van der Waals surface area contributed by atoms with E-state index in [0.29, 0.717) is 23.5 Å². The molecule has 3 aromatic rings. The monoisotopic (exact) mass is 388 g/mol. The summed E-state index contributed by atoms with van der Waals surface area (Å²) in [4.78, 5) is 28.3. The quantitative estimate of drug-likeness (QED) is 0.634. The molecular formula is C17H14F2N6O3. The maximum absolute atomic E-state index is 13.6. The molecule has 11 heteroatoms. The molecule has 1 amide bonds. The molecule has 3 rings (SSSR count). The number of nitrogens with zero attached hydrogens (tertiary/aromatic N) is 4. The van der Waals surface area contributed by atoms with Crippen molar-refractivity contribution in [1.82, 2.24) is 19.7 Å². The van der Waals surface area contributed by atoms with Crippen LogP contribution in [0.2, 0.25) is 0 Å². The fourth-order valence-corrected chi connectivity index (χ4v) is 2.40. The number of rotatable bonds is 5. The second-order valence-corrected chi connectivity index (χ2v) is 5.51. The second kappa shape index (κ2) is 7.88. The number of methoxy groups -OCH3 is 1. The largest absolute Gasteiger partial charge is 0.465 e. The van der Waals surface area contributed by atoms with Crippen LogP contribution in [0.25, 0.3) is 5.82 Å². The molecule has 28 heavy (non-hydrogen) atoms.